The van der Waals surface area contributed by atoms with E-state index in [9.17, 15) is 18.8 Å². The number of nitriles is 1. The number of nitrogens with zero attached hydrogens (tertiary/aromatic N) is 2. The Balaban J connectivity index is 1.50. The molecule has 35 heavy (non-hydrogen) atoms. The Morgan fingerprint density at radius 3 is 2.54 bits per heavy atom. The Kier molecular flexibility index (Phi) is 7.37. The number of hydrogen-bond acceptors (Lipinski definition) is 5. The first kappa shape index (κ1) is 24.3. The molecule has 0 atom stereocenters. The van der Waals surface area contributed by atoms with Crippen LogP contribution in [0.15, 0.2) is 54.6 Å². The van der Waals surface area contributed by atoms with Crippen LogP contribution >= 0.6 is 11.6 Å². The lowest BCUT2D eigenvalue weighted by molar-refractivity contribution is 0.102. The van der Waals surface area contributed by atoms with Crippen molar-refractivity contribution < 1.29 is 23.0 Å². The van der Waals surface area contributed by atoms with Gasteiger partial charge in [0, 0.05) is 37.0 Å². The van der Waals surface area contributed by atoms with Crippen LogP contribution < -0.4 is 19.7 Å². The Bertz CT molecular complexity index is 1290. The number of ether oxygens (including phenoxy) is 2. The molecule has 1 N–H and O–H groups in total. The van der Waals surface area contributed by atoms with E-state index >= 15 is 0 Å². The van der Waals surface area contributed by atoms with Crippen molar-refractivity contribution in [3.8, 4) is 17.6 Å². The number of methoxy groups -OCH3 is 1. The number of benzene rings is 3. The Hall–Kier alpha value is -3.83. The highest BCUT2D eigenvalue weighted by atomic mass is 35.5. The second-order valence-corrected chi connectivity index (χ2v) is 8.46. The fraction of sp³-hybridized carbons (Fsp3) is 0.231. The molecule has 1 aliphatic rings. The molecule has 3 aromatic rings. The number of halogens is 3. The molecule has 0 aromatic heterocycles. The average Bonchev–Trinajstić information content (AvgIpc) is 2.86. The van der Waals surface area contributed by atoms with Gasteiger partial charge in [-0.25, -0.2) is 8.78 Å². The predicted molar refractivity (Wildman–Crippen MR) is 129 cm³/mol. The molecule has 1 fully saturated rings. The van der Waals surface area contributed by atoms with Crippen molar-refractivity contribution in [3.05, 3.63) is 82.4 Å². The normalized spacial score (nSPS) is 13.7. The van der Waals surface area contributed by atoms with Gasteiger partial charge in [0.15, 0.2) is 11.6 Å². The molecule has 0 bridgehead atoms. The van der Waals surface area contributed by atoms with E-state index in [1.54, 1.807) is 36.4 Å². The van der Waals surface area contributed by atoms with E-state index in [1.165, 1.54) is 13.2 Å². The topological polar surface area (TPSA) is 74.6 Å². The first-order valence-electron chi connectivity index (χ1n) is 10.9. The zero-order valence-corrected chi connectivity index (χ0v) is 19.6. The third-order valence-corrected chi connectivity index (χ3v) is 5.99. The van der Waals surface area contributed by atoms with Crippen LogP contribution in [0.5, 0.6) is 11.5 Å². The number of hydrogen-bond donors (Lipinski definition) is 1. The summed E-state index contributed by atoms with van der Waals surface area (Å²) in [4.78, 5) is 15.1. The molecule has 1 heterocycles. The lowest BCUT2D eigenvalue weighted by Crippen LogP contribution is -2.38. The van der Waals surface area contributed by atoms with Crippen LogP contribution in [-0.2, 0) is 0 Å². The van der Waals surface area contributed by atoms with E-state index in [2.05, 4.69) is 16.3 Å². The maximum atomic E-state index is 14.0. The largest absolute Gasteiger partial charge is 0.496 e. The minimum Gasteiger partial charge on any atom is -0.496 e. The predicted octanol–water partition coefficient (Wildman–Crippen LogP) is 5.80. The van der Waals surface area contributed by atoms with Gasteiger partial charge in [0.2, 0.25) is 0 Å². The summed E-state index contributed by atoms with van der Waals surface area (Å²) in [6.45, 7) is 1.15. The molecule has 9 heteroatoms. The van der Waals surface area contributed by atoms with Gasteiger partial charge in [-0.05, 0) is 48.5 Å². The quantitative estimate of drug-likeness (QED) is 0.466. The van der Waals surface area contributed by atoms with E-state index in [1.807, 2.05) is 0 Å². The number of amides is 1. The highest BCUT2D eigenvalue weighted by molar-refractivity contribution is 6.31. The first-order chi connectivity index (χ1) is 16.9. The minimum atomic E-state index is -0.734. The third-order valence-electron chi connectivity index (χ3n) is 5.75. The van der Waals surface area contributed by atoms with E-state index in [0.29, 0.717) is 53.5 Å². The molecule has 1 amide bonds. The van der Waals surface area contributed by atoms with Gasteiger partial charge in [-0.3, -0.25) is 4.79 Å². The molecule has 1 saturated heterocycles. The Labute approximate surface area is 206 Å². The lowest BCUT2D eigenvalue weighted by atomic mass is 10.0. The van der Waals surface area contributed by atoms with Crippen molar-refractivity contribution in [3.63, 3.8) is 0 Å². The van der Waals surface area contributed by atoms with Crippen molar-refractivity contribution in [1.29, 1.82) is 5.26 Å². The summed E-state index contributed by atoms with van der Waals surface area (Å²) in [5.41, 5.74) is 1.93. The average molecular weight is 498 g/mol. The lowest BCUT2D eigenvalue weighted by Gasteiger charge is -2.35. The molecule has 3 aromatic carbocycles. The van der Waals surface area contributed by atoms with Gasteiger partial charge in [-0.1, -0.05) is 11.6 Å². The maximum absolute atomic E-state index is 14.0. The second-order valence-electron chi connectivity index (χ2n) is 8.02. The van der Waals surface area contributed by atoms with E-state index in [4.69, 9.17) is 21.1 Å². The number of carbonyl (C=O) groups is 1. The third kappa shape index (κ3) is 5.64. The summed E-state index contributed by atoms with van der Waals surface area (Å²) in [6.07, 6.45) is 0.950. The fourth-order valence-electron chi connectivity index (χ4n) is 3.99. The van der Waals surface area contributed by atoms with Crippen LogP contribution in [0.4, 0.5) is 20.2 Å². The van der Waals surface area contributed by atoms with Crippen LogP contribution in [-0.4, -0.2) is 32.2 Å². The SMILES string of the molecule is COc1cc(Cl)ccc1C(=O)Nc1cc(C#N)ccc1N1CCC(Oc2ccc(F)cc2F)CC1. The zero-order chi connectivity index (χ0) is 24.9. The number of anilines is 2. The molecule has 0 saturated carbocycles. The number of rotatable bonds is 6. The molecule has 1 aliphatic heterocycles. The molecule has 4 rings (SSSR count). The summed E-state index contributed by atoms with van der Waals surface area (Å²) in [5, 5.41) is 12.7. The van der Waals surface area contributed by atoms with Gasteiger partial charge in [0.25, 0.3) is 5.91 Å². The van der Waals surface area contributed by atoms with Crippen LogP contribution in [0.1, 0.15) is 28.8 Å². The molecule has 0 unspecified atom stereocenters. The van der Waals surface area contributed by atoms with Crippen LogP contribution in [0.25, 0.3) is 0 Å². The van der Waals surface area contributed by atoms with Gasteiger partial charge >= 0.3 is 0 Å². The van der Waals surface area contributed by atoms with E-state index < -0.39 is 17.5 Å². The van der Waals surface area contributed by atoms with Crippen LogP contribution in [0, 0.1) is 23.0 Å². The van der Waals surface area contributed by atoms with E-state index in [0.717, 1.165) is 17.8 Å². The van der Waals surface area contributed by atoms with Crippen molar-refractivity contribution in [2.45, 2.75) is 18.9 Å². The molecule has 0 radical (unpaired) electrons. The summed E-state index contributed by atoms with van der Waals surface area (Å²) in [7, 11) is 1.45. The van der Waals surface area contributed by atoms with Crippen LogP contribution in [0.3, 0.4) is 0 Å². The molecular weight excluding hydrogens is 476 g/mol. The number of nitrogens with one attached hydrogen (secondary N) is 1. The molecule has 0 aliphatic carbocycles. The molecule has 6 nitrogen and oxygen atoms in total. The summed E-state index contributed by atoms with van der Waals surface area (Å²) in [6, 6.07) is 15.1. The van der Waals surface area contributed by atoms with Crippen LogP contribution in [0.2, 0.25) is 5.02 Å². The van der Waals surface area contributed by atoms with Gasteiger partial charge < -0.3 is 19.7 Å². The minimum absolute atomic E-state index is 0.0214. The van der Waals surface area contributed by atoms with Gasteiger partial charge in [0.1, 0.15) is 17.7 Å². The van der Waals surface area contributed by atoms with E-state index in [-0.39, 0.29) is 11.9 Å². The molecule has 0 spiro atoms. The van der Waals surface area contributed by atoms with Gasteiger partial charge in [-0.15, -0.1) is 0 Å². The van der Waals surface area contributed by atoms with Crippen molar-refractivity contribution in [2.24, 2.45) is 0 Å². The fourth-order valence-corrected chi connectivity index (χ4v) is 4.15. The van der Waals surface area contributed by atoms with Crippen molar-refractivity contribution in [2.75, 3.05) is 30.4 Å². The highest BCUT2D eigenvalue weighted by Crippen LogP contribution is 2.32. The standard InChI is InChI=1S/C26H22ClF2N3O3/c1-34-25-13-17(27)3-5-20(25)26(33)31-22-12-16(15-30)2-6-23(22)32-10-8-19(9-11-32)35-24-7-4-18(28)14-21(24)29/h2-7,12-14,19H,8-11H2,1H3,(H,31,33). The van der Waals surface area contributed by atoms with Crippen molar-refractivity contribution >= 4 is 28.9 Å². The summed E-state index contributed by atoms with van der Waals surface area (Å²) < 4.78 is 38.1. The highest BCUT2D eigenvalue weighted by Gasteiger charge is 2.24. The summed E-state index contributed by atoms with van der Waals surface area (Å²) in [5.74, 6) is -1.44. The number of carbonyl (C=O) groups excluding carboxylic acids is 1. The first-order valence-corrected chi connectivity index (χ1v) is 11.3. The number of piperidine rings is 1. The molecule has 180 valence electrons. The maximum Gasteiger partial charge on any atom is 0.259 e. The van der Waals surface area contributed by atoms with Gasteiger partial charge in [-0.2, -0.15) is 5.26 Å². The Morgan fingerprint density at radius 1 is 1.09 bits per heavy atom. The summed E-state index contributed by atoms with van der Waals surface area (Å²) >= 11 is 6.00. The van der Waals surface area contributed by atoms with Crippen molar-refractivity contribution in [1.82, 2.24) is 0 Å². The zero-order valence-electron chi connectivity index (χ0n) is 18.9. The smallest absolute Gasteiger partial charge is 0.259 e. The monoisotopic (exact) mass is 497 g/mol. The Morgan fingerprint density at radius 2 is 1.86 bits per heavy atom. The van der Waals surface area contributed by atoms with Gasteiger partial charge in [0.05, 0.1) is 35.7 Å². The second kappa shape index (κ2) is 10.6. The molecular formula is C26H22ClF2N3O3.